The second-order valence-corrected chi connectivity index (χ2v) is 8.22. The standard InChI is InChI=1S/C23H40N6O/c1-24-23(26-12-9-16-29-14-6-4-5-7-15-29)27-19-20-10-8-11-21(18-20)22(30)25-13-17-28(2)3/h8,10-11,18H,4-7,9,12-17,19H2,1-3H3,(H,25,30)(H2,24,26,27). The molecule has 3 N–H and O–H groups in total. The highest BCUT2D eigenvalue weighted by molar-refractivity contribution is 5.94. The maximum atomic E-state index is 12.3. The van der Waals surface area contributed by atoms with Gasteiger partial charge in [-0.2, -0.15) is 0 Å². The Kier molecular flexibility index (Phi) is 11.3. The molecule has 1 amide bonds. The van der Waals surface area contributed by atoms with Gasteiger partial charge >= 0.3 is 0 Å². The van der Waals surface area contributed by atoms with Crippen molar-refractivity contribution in [2.24, 2.45) is 4.99 Å². The predicted molar refractivity (Wildman–Crippen MR) is 125 cm³/mol. The van der Waals surface area contributed by atoms with Crippen LogP contribution < -0.4 is 16.0 Å². The number of nitrogens with zero attached hydrogens (tertiary/aromatic N) is 3. The first-order valence-corrected chi connectivity index (χ1v) is 11.3. The average Bonchev–Trinajstić information content (AvgIpc) is 3.02. The van der Waals surface area contributed by atoms with E-state index in [0.717, 1.165) is 37.6 Å². The average molecular weight is 417 g/mol. The fourth-order valence-electron chi connectivity index (χ4n) is 3.59. The zero-order valence-electron chi connectivity index (χ0n) is 19.0. The van der Waals surface area contributed by atoms with Crippen LogP contribution in [0.5, 0.6) is 0 Å². The Balaban J connectivity index is 1.70. The number of carbonyl (C=O) groups excluding carboxylic acids is 1. The van der Waals surface area contributed by atoms with Crippen molar-refractivity contribution < 1.29 is 4.79 Å². The number of likely N-dealkylation sites (N-methyl/N-ethyl adjacent to an activating group) is 1. The Hall–Kier alpha value is -2.12. The molecule has 1 aliphatic rings. The lowest BCUT2D eigenvalue weighted by atomic mass is 10.1. The molecular weight excluding hydrogens is 376 g/mol. The van der Waals surface area contributed by atoms with Crippen molar-refractivity contribution in [1.29, 1.82) is 0 Å². The van der Waals surface area contributed by atoms with Gasteiger partial charge in [-0.25, -0.2) is 0 Å². The maximum absolute atomic E-state index is 12.3. The molecule has 1 saturated heterocycles. The van der Waals surface area contributed by atoms with E-state index < -0.39 is 0 Å². The lowest BCUT2D eigenvalue weighted by Crippen LogP contribution is -2.38. The highest BCUT2D eigenvalue weighted by Gasteiger charge is 2.09. The maximum Gasteiger partial charge on any atom is 0.251 e. The van der Waals surface area contributed by atoms with Gasteiger partial charge in [-0.05, 0) is 70.7 Å². The zero-order chi connectivity index (χ0) is 21.6. The second kappa shape index (κ2) is 14.0. The van der Waals surface area contributed by atoms with Crippen LogP contribution in [0.25, 0.3) is 0 Å². The number of hydrogen-bond donors (Lipinski definition) is 3. The molecule has 7 heteroatoms. The van der Waals surface area contributed by atoms with E-state index in [1.54, 1.807) is 7.05 Å². The van der Waals surface area contributed by atoms with Gasteiger partial charge in [0.1, 0.15) is 0 Å². The Morgan fingerprint density at radius 3 is 2.53 bits per heavy atom. The van der Waals surface area contributed by atoms with Crippen LogP contribution >= 0.6 is 0 Å². The van der Waals surface area contributed by atoms with E-state index in [2.05, 4.69) is 25.8 Å². The molecule has 0 aliphatic carbocycles. The van der Waals surface area contributed by atoms with Gasteiger partial charge in [-0.3, -0.25) is 9.79 Å². The van der Waals surface area contributed by atoms with Crippen LogP contribution in [0.1, 0.15) is 48.0 Å². The molecule has 1 fully saturated rings. The first-order chi connectivity index (χ1) is 14.6. The van der Waals surface area contributed by atoms with Crippen molar-refractivity contribution in [3.8, 4) is 0 Å². The van der Waals surface area contributed by atoms with Gasteiger partial charge in [-0.15, -0.1) is 0 Å². The Labute approximate surface area is 182 Å². The van der Waals surface area contributed by atoms with Crippen molar-refractivity contribution in [3.63, 3.8) is 0 Å². The smallest absolute Gasteiger partial charge is 0.251 e. The summed E-state index contributed by atoms with van der Waals surface area (Å²) in [4.78, 5) is 21.3. The number of amides is 1. The molecule has 0 bridgehead atoms. The third-order valence-corrected chi connectivity index (χ3v) is 5.36. The van der Waals surface area contributed by atoms with Crippen LogP contribution in [0.3, 0.4) is 0 Å². The lowest BCUT2D eigenvalue weighted by Gasteiger charge is -2.20. The summed E-state index contributed by atoms with van der Waals surface area (Å²) in [5, 5.41) is 9.70. The minimum Gasteiger partial charge on any atom is -0.356 e. The number of guanidine groups is 1. The molecule has 1 aliphatic heterocycles. The van der Waals surface area contributed by atoms with Gasteiger partial charge in [0.05, 0.1) is 0 Å². The molecular formula is C23H40N6O. The van der Waals surface area contributed by atoms with Gasteiger partial charge in [0.25, 0.3) is 5.91 Å². The molecule has 0 atom stereocenters. The number of hydrogen-bond acceptors (Lipinski definition) is 4. The van der Waals surface area contributed by atoms with Crippen molar-refractivity contribution in [3.05, 3.63) is 35.4 Å². The third-order valence-electron chi connectivity index (χ3n) is 5.36. The molecule has 0 aromatic heterocycles. The minimum absolute atomic E-state index is 0.0327. The summed E-state index contributed by atoms with van der Waals surface area (Å²) in [6.07, 6.45) is 6.55. The quantitative estimate of drug-likeness (QED) is 0.309. The van der Waals surface area contributed by atoms with Crippen LogP contribution in [-0.4, -0.2) is 82.1 Å². The summed E-state index contributed by atoms with van der Waals surface area (Å²) in [5.74, 6) is 0.765. The second-order valence-electron chi connectivity index (χ2n) is 8.22. The summed E-state index contributed by atoms with van der Waals surface area (Å²) >= 11 is 0. The molecule has 0 unspecified atom stereocenters. The lowest BCUT2D eigenvalue weighted by molar-refractivity contribution is 0.0951. The fraction of sp³-hybridized carbons (Fsp3) is 0.652. The molecule has 168 valence electrons. The topological polar surface area (TPSA) is 72.0 Å². The van der Waals surface area contributed by atoms with E-state index >= 15 is 0 Å². The van der Waals surface area contributed by atoms with Gasteiger partial charge < -0.3 is 25.8 Å². The van der Waals surface area contributed by atoms with E-state index in [1.807, 2.05) is 43.3 Å². The van der Waals surface area contributed by atoms with Crippen LogP contribution in [0.2, 0.25) is 0 Å². The molecule has 30 heavy (non-hydrogen) atoms. The van der Waals surface area contributed by atoms with Gasteiger partial charge in [0.15, 0.2) is 5.96 Å². The number of nitrogens with one attached hydrogen (secondary N) is 3. The van der Waals surface area contributed by atoms with Gasteiger partial charge in [0, 0.05) is 38.8 Å². The predicted octanol–water partition coefficient (Wildman–Crippen LogP) is 1.91. The number of likely N-dealkylation sites (tertiary alicyclic amines) is 1. The fourth-order valence-corrected chi connectivity index (χ4v) is 3.59. The van der Waals surface area contributed by atoms with Crippen LogP contribution in [0, 0.1) is 0 Å². The zero-order valence-corrected chi connectivity index (χ0v) is 19.0. The van der Waals surface area contributed by atoms with Crippen molar-refractivity contribution in [2.75, 3.05) is 60.4 Å². The molecule has 0 saturated carbocycles. The number of carbonyl (C=O) groups is 1. The van der Waals surface area contributed by atoms with Gasteiger partial charge in [0.2, 0.25) is 0 Å². The molecule has 7 nitrogen and oxygen atoms in total. The normalized spacial score (nSPS) is 15.7. The summed E-state index contributed by atoms with van der Waals surface area (Å²) in [6, 6.07) is 7.74. The van der Waals surface area contributed by atoms with Crippen molar-refractivity contribution in [2.45, 2.75) is 38.6 Å². The first kappa shape index (κ1) is 24.2. The monoisotopic (exact) mass is 416 g/mol. The Morgan fingerprint density at radius 2 is 1.83 bits per heavy atom. The third kappa shape index (κ3) is 9.59. The number of benzene rings is 1. The van der Waals surface area contributed by atoms with E-state index in [4.69, 9.17) is 0 Å². The van der Waals surface area contributed by atoms with Crippen LogP contribution in [-0.2, 0) is 6.54 Å². The molecule has 0 spiro atoms. The van der Waals surface area contributed by atoms with E-state index in [1.165, 1.54) is 38.8 Å². The SMILES string of the molecule is CN=C(NCCCN1CCCCCC1)NCc1cccc(C(=O)NCCN(C)C)c1. The summed E-state index contributed by atoms with van der Waals surface area (Å²) in [6.45, 7) is 6.64. The Bertz CT molecular complexity index is 653. The van der Waals surface area contributed by atoms with E-state index in [-0.39, 0.29) is 5.91 Å². The summed E-state index contributed by atoms with van der Waals surface area (Å²) in [7, 11) is 5.78. The summed E-state index contributed by atoms with van der Waals surface area (Å²) < 4.78 is 0. The van der Waals surface area contributed by atoms with Gasteiger partial charge in [-0.1, -0.05) is 25.0 Å². The van der Waals surface area contributed by atoms with Crippen LogP contribution in [0.15, 0.2) is 29.3 Å². The highest BCUT2D eigenvalue weighted by atomic mass is 16.1. The minimum atomic E-state index is -0.0327. The molecule has 1 heterocycles. The molecule has 1 aromatic rings. The van der Waals surface area contributed by atoms with E-state index in [0.29, 0.717) is 18.7 Å². The van der Waals surface area contributed by atoms with Crippen LogP contribution in [0.4, 0.5) is 0 Å². The number of rotatable bonds is 10. The van der Waals surface area contributed by atoms with E-state index in [9.17, 15) is 4.79 Å². The molecule has 2 rings (SSSR count). The largest absolute Gasteiger partial charge is 0.356 e. The highest BCUT2D eigenvalue weighted by Crippen LogP contribution is 2.09. The van der Waals surface area contributed by atoms with Crippen molar-refractivity contribution >= 4 is 11.9 Å². The molecule has 1 aromatic carbocycles. The Morgan fingerprint density at radius 1 is 1.07 bits per heavy atom. The first-order valence-electron chi connectivity index (χ1n) is 11.3. The van der Waals surface area contributed by atoms with Crippen molar-refractivity contribution in [1.82, 2.24) is 25.8 Å². The molecule has 0 radical (unpaired) electrons. The number of aliphatic imine (C=N–C) groups is 1. The summed E-state index contributed by atoms with van der Waals surface area (Å²) in [5.41, 5.74) is 1.75.